The van der Waals surface area contributed by atoms with Crippen molar-refractivity contribution in [2.45, 2.75) is 11.8 Å². The highest BCUT2D eigenvalue weighted by atomic mass is 32.2. The minimum Gasteiger partial charge on any atom is -0.352 e. The third-order valence-electron chi connectivity index (χ3n) is 4.63. The van der Waals surface area contributed by atoms with Crippen LogP contribution in [-0.4, -0.2) is 19.9 Å². The molecule has 150 valence electrons. The second-order valence-corrected chi connectivity index (χ2v) is 8.43. The van der Waals surface area contributed by atoms with Crippen molar-refractivity contribution in [1.29, 1.82) is 0 Å². The van der Waals surface area contributed by atoms with Gasteiger partial charge in [0.2, 0.25) is 5.78 Å². The zero-order valence-electron chi connectivity index (χ0n) is 16.0. The summed E-state index contributed by atoms with van der Waals surface area (Å²) in [6, 6.07) is 18.6. The topological polar surface area (TPSA) is 75.6 Å². The van der Waals surface area contributed by atoms with Crippen LogP contribution in [0.1, 0.15) is 21.5 Å². The Morgan fingerprint density at radius 3 is 2.17 bits per heavy atom. The van der Waals surface area contributed by atoms with Crippen LogP contribution in [0.4, 0.5) is 10.1 Å². The number of nitrogens with zero attached hydrogens (tertiary/aromatic N) is 1. The van der Waals surface area contributed by atoms with Gasteiger partial charge in [0, 0.05) is 16.8 Å². The molecule has 30 heavy (non-hydrogen) atoms. The fourth-order valence-corrected chi connectivity index (χ4v) is 4.07. The molecule has 0 amide bonds. The molecule has 0 heterocycles. The van der Waals surface area contributed by atoms with E-state index in [1.54, 1.807) is 24.3 Å². The lowest BCUT2D eigenvalue weighted by Gasteiger charge is -2.19. The van der Waals surface area contributed by atoms with E-state index in [0.717, 1.165) is 29.8 Å². The number of sulfonamides is 1. The Balaban J connectivity index is 1.80. The first-order valence-corrected chi connectivity index (χ1v) is 10.6. The average Bonchev–Trinajstić information content (AvgIpc) is 2.73. The summed E-state index contributed by atoms with van der Waals surface area (Å²) >= 11 is 0. The van der Waals surface area contributed by atoms with Gasteiger partial charge in [-0.3, -0.25) is 4.79 Å². The standard InChI is InChI=1S/C23H17FN2O3S/c1-15-6-10-17(11-7-15)25-22-14-21(19-4-2-3-5-20(19)23(22)27)26-30(28,29)18-12-8-16(24)9-13-18/h2-14,25H,1H3. The van der Waals surface area contributed by atoms with Gasteiger partial charge in [0.1, 0.15) is 5.82 Å². The van der Waals surface area contributed by atoms with Gasteiger partial charge < -0.3 is 5.32 Å². The Kier molecular flexibility index (Phi) is 5.05. The molecule has 0 saturated carbocycles. The van der Waals surface area contributed by atoms with E-state index >= 15 is 0 Å². The van der Waals surface area contributed by atoms with Gasteiger partial charge in [0.15, 0.2) is 0 Å². The monoisotopic (exact) mass is 420 g/mol. The van der Waals surface area contributed by atoms with E-state index < -0.39 is 15.8 Å². The molecule has 0 atom stereocenters. The molecule has 3 aromatic rings. The number of rotatable bonds is 4. The number of fused-ring (bicyclic) bond motifs is 1. The molecule has 5 nitrogen and oxygen atoms in total. The number of carbonyl (C=O) groups excluding carboxylic acids is 1. The molecule has 0 aliphatic heterocycles. The molecule has 0 bridgehead atoms. The molecular weight excluding hydrogens is 403 g/mol. The third kappa shape index (κ3) is 3.92. The van der Waals surface area contributed by atoms with Gasteiger partial charge >= 0.3 is 0 Å². The highest BCUT2D eigenvalue weighted by molar-refractivity contribution is 7.90. The fourth-order valence-electron chi connectivity index (χ4n) is 3.08. The lowest BCUT2D eigenvalue weighted by atomic mass is 9.92. The van der Waals surface area contributed by atoms with Gasteiger partial charge in [0.05, 0.1) is 16.3 Å². The molecule has 4 rings (SSSR count). The van der Waals surface area contributed by atoms with Crippen LogP contribution in [0.5, 0.6) is 0 Å². The maximum atomic E-state index is 13.2. The van der Waals surface area contributed by atoms with Gasteiger partial charge in [-0.25, -0.2) is 4.39 Å². The zero-order valence-corrected chi connectivity index (χ0v) is 16.8. The summed E-state index contributed by atoms with van der Waals surface area (Å²) in [5.41, 5.74) is 2.88. The molecule has 7 heteroatoms. The minimum atomic E-state index is -4.10. The Bertz CT molecular complexity index is 1290. The summed E-state index contributed by atoms with van der Waals surface area (Å²) < 4.78 is 42.6. The lowest BCUT2D eigenvalue weighted by Crippen LogP contribution is -2.22. The Morgan fingerprint density at radius 2 is 1.50 bits per heavy atom. The number of nitrogens with one attached hydrogen (secondary N) is 1. The van der Waals surface area contributed by atoms with Crippen molar-refractivity contribution in [3.63, 3.8) is 0 Å². The normalized spacial score (nSPS) is 14.9. The zero-order chi connectivity index (χ0) is 21.3. The minimum absolute atomic E-state index is 0.129. The molecule has 0 unspecified atom stereocenters. The molecule has 0 saturated heterocycles. The van der Waals surface area contributed by atoms with Crippen LogP contribution in [0.15, 0.2) is 93.9 Å². The van der Waals surface area contributed by atoms with Crippen molar-refractivity contribution < 1.29 is 17.6 Å². The van der Waals surface area contributed by atoms with Gasteiger partial charge in [-0.1, -0.05) is 42.0 Å². The van der Waals surface area contributed by atoms with E-state index in [9.17, 15) is 17.6 Å². The van der Waals surface area contributed by atoms with Gasteiger partial charge in [0.25, 0.3) is 10.0 Å². The van der Waals surface area contributed by atoms with Crippen LogP contribution in [0.25, 0.3) is 0 Å². The smallest absolute Gasteiger partial charge is 0.282 e. The van der Waals surface area contributed by atoms with Crippen LogP contribution in [-0.2, 0) is 10.0 Å². The van der Waals surface area contributed by atoms with Gasteiger partial charge in [-0.05, 0) is 49.4 Å². The maximum absolute atomic E-state index is 13.2. The van der Waals surface area contributed by atoms with Gasteiger partial charge in [-0.2, -0.15) is 12.8 Å². The van der Waals surface area contributed by atoms with Gasteiger partial charge in [-0.15, -0.1) is 0 Å². The van der Waals surface area contributed by atoms with Crippen molar-refractivity contribution in [1.82, 2.24) is 0 Å². The number of Topliss-reactive ketones (excluding diaryl/α,β-unsaturated/α-hetero) is 1. The SMILES string of the molecule is Cc1ccc(NC2=CC(=NS(=O)(=O)c3ccc(F)cc3)c3ccccc3C2=O)cc1. The van der Waals surface area contributed by atoms with Crippen LogP contribution >= 0.6 is 0 Å². The predicted octanol–water partition coefficient (Wildman–Crippen LogP) is 4.50. The Hall–Kier alpha value is -3.58. The average molecular weight is 420 g/mol. The van der Waals surface area contributed by atoms with Crippen LogP contribution in [0.3, 0.4) is 0 Å². The predicted molar refractivity (Wildman–Crippen MR) is 114 cm³/mol. The number of carbonyl (C=O) groups is 1. The summed E-state index contributed by atoms with van der Waals surface area (Å²) in [5.74, 6) is -0.802. The first-order chi connectivity index (χ1) is 14.3. The third-order valence-corrected chi connectivity index (χ3v) is 5.94. The number of hydrogen-bond acceptors (Lipinski definition) is 4. The maximum Gasteiger partial charge on any atom is 0.282 e. The van der Waals surface area contributed by atoms with E-state index in [-0.39, 0.29) is 22.1 Å². The summed E-state index contributed by atoms with van der Waals surface area (Å²) in [6.45, 7) is 1.95. The van der Waals surface area contributed by atoms with Crippen LogP contribution in [0, 0.1) is 12.7 Å². The fraction of sp³-hybridized carbons (Fsp3) is 0.0435. The van der Waals surface area contributed by atoms with Crippen molar-refractivity contribution in [3.8, 4) is 0 Å². The summed E-state index contributed by atoms with van der Waals surface area (Å²) in [6.07, 6.45) is 1.42. The molecule has 1 N–H and O–H groups in total. The van der Waals surface area contributed by atoms with Crippen molar-refractivity contribution >= 4 is 27.2 Å². The van der Waals surface area contributed by atoms with Crippen molar-refractivity contribution in [3.05, 3.63) is 107 Å². The number of halogens is 1. The Labute approximate surface area is 173 Å². The second-order valence-electron chi connectivity index (χ2n) is 6.83. The number of ketones is 1. The lowest BCUT2D eigenvalue weighted by molar-refractivity contribution is 0.103. The summed E-state index contributed by atoms with van der Waals surface area (Å²) in [4.78, 5) is 12.8. The van der Waals surface area contributed by atoms with Crippen molar-refractivity contribution in [2.24, 2.45) is 4.40 Å². The largest absolute Gasteiger partial charge is 0.352 e. The Morgan fingerprint density at radius 1 is 0.867 bits per heavy atom. The molecule has 0 fully saturated rings. The van der Waals surface area contributed by atoms with Crippen LogP contribution in [0.2, 0.25) is 0 Å². The molecule has 0 aromatic heterocycles. The molecular formula is C23H17FN2O3S. The highest BCUT2D eigenvalue weighted by Crippen LogP contribution is 2.25. The number of allylic oxidation sites excluding steroid dienone is 2. The first-order valence-electron chi connectivity index (χ1n) is 9.13. The van der Waals surface area contributed by atoms with E-state index in [1.165, 1.54) is 6.08 Å². The van der Waals surface area contributed by atoms with Crippen molar-refractivity contribution in [2.75, 3.05) is 5.32 Å². The number of benzene rings is 3. The number of hydrogen-bond donors (Lipinski definition) is 1. The first kappa shape index (κ1) is 19.7. The molecule has 1 aliphatic carbocycles. The van der Waals surface area contributed by atoms with E-state index in [0.29, 0.717) is 16.8 Å². The quantitative estimate of drug-likeness (QED) is 0.674. The van der Waals surface area contributed by atoms with E-state index in [4.69, 9.17) is 0 Å². The highest BCUT2D eigenvalue weighted by Gasteiger charge is 2.26. The number of anilines is 1. The van der Waals surface area contributed by atoms with E-state index in [2.05, 4.69) is 9.71 Å². The second kappa shape index (κ2) is 7.68. The van der Waals surface area contributed by atoms with E-state index in [1.807, 2.05) is 31.2 Å². The molecule has 3 aromatic carbocycles. The molecule has 0 radical (unpaired) electrons. The molecule has 1 aliphatic rings. The summed E-state index contributed by atoms with van der Waals surface area (Å²) in [5, 5.41) is 3.05. The summed E-state index contributed by atoms with van der Waals surface area (Å²) in [7, 11) is -4.10. The number of aryl methyl sites for hydroxylation is 1. The van der Waals surface area contributed by atoms with Crippen LogP contribution < -0.4 is 5.32 Å². The molecule has 0 spiro atoms.